The lowest BCUT2D eigenvalue weighted by Crippen LogP contribution is -2.25. The Labute approximate surface area is 136 Å². The van der Waals surface area contributed by atoms with Gasteiger partial charge in [-0.1, -0.05) is 23.7 Å². The van der Waals surface area contributed by atoms with Crippen LogP contribution in [0.1, 0.15) is 5.56 Å². The van der Waals surface area contributed by atoms with Crippen LogP contribution in [0.4, 0.5) is 4.39 Å². The highest BCUT2D eigenvalue weighted by atomic mass is 35.5. The van der Waals surface area contributed by atoms with Gasteiger partial charge >= 0.3 is 5.69 Å². The van der Waals surface area contributed by atoms with Crippen molar-refractivity contribution in [3.8, 4) is 0 Å². The fourth-order valence-corrected chi connectivity index (χ4v) is 2.81. The molecule has 1 unspecified atom stereocenters. The number of aromatic amines is 1. The minimum absolute atomic E-state index is 0.190. The quantitative estimate of drug-likeness (QED) is 0.538. The standard InChI is InChI=1S/C16H16ClFN4O/c1-2-5-19-8-12(18)6-10-9-22-15(20-21-16(22)23)14-7-11(17)3-4-13(10)14/h2-4,7,9,12,19H,1,5-6,8H2,(H,21,23). The maximum Gasteiger partial charge on any atom is 0.347 e. The number of pyridine rings is 1. The zero-order chi connectivity index (χ0) is 16.4. The number of benzene rings is 1. The average Bonchev–Trinajstić information content (AvgIpc) is 2.89. The molecule has 5 nitrogen and oxygen atoms in total. The molecule has 0 amide bonds. The van der Waals surface area contributed by atoms with Crippen molar-refractivity contribution in [2.45, 2.75) is 12.6 Å². The Balaban J connectivity index is 2.05. The van der Waals surface area contributed by atoms with Gasteiger partial charge in [-0.25, -0.2) is 18.7 Å². The molecule has 2 heterocycles. The highest BCUT2D eigenvalue weighted by molar-refractivity contribution is 6.31. The van der Waals surface area contributed by atoms with Gasteiger partial charge in [0.15, 0.2) is 5.65 Å². The summed E-state index contributed by atoms with van der Waals surface area (Å²) in [5.41, 5.74) is 0.861. The minimum Gasteiger partial charge on any atom is -0.310 e. The Morgan fingerprint density at radius 1 is 1.48 bits per heavy atom. The van der Waals surface area contributed by atoms with Crippen molar-refractivity contribution in [3.63, 3.8) is 0 Å². The van der Waals surface area contributed by atoms with Crippen molar-refractivity contribution >= 4 is 28.0 Å². The molecule has 0 aliphatic carbocycles. The summed E-state index contributed by atoms with van der Waals surface area (Å²) in [6, 6.07) is 5.31. The molecule has 1 atom stereocenters. The first kappa shape index (κ1) is 15.7. The number of nitrogens with zero attached hydrogens (tertiary/aromatic N) is 2. The molecule has 0 spiro atoms. The normalized spacial score (nSPS) is 12.8. The fourth-order valence-electron chi connectivity index (χ4n) is 2.64. The molecule has 0 saturated carbocycles. The predicted octanol–water partition coefficient (Wildman–Crippen LogP) is 2.49. The van der Waals surface area contributed by atoms with Gasteiger partial charge in [-0.2, -0.15) is 5.10 Å². The van der Waals surface area contributed by atoms with Crippen LogP contribution in [0.5, 0.6) is 0 Å². The summed E-state index contributed by atoms with van der Waals surface area (Å²) in [4.78, 5) is 11.9. The summed E-state index contributed by atoms with van der Waals surface area (Å²) in [6.07, 6.45) is 2.43. The van der Waals surface area contributed by atoms with Gasteiger partial charge in [0.05, 0.1) is 0 Å². The van der Waals surface area contributed by atoms with Gasteiger partial charge in [0.1, 0.15) is 6.17 Å². The summed E-state index contributed by atoms with van der Waals surface area (Å²) in [7, 11) is 0. The monoisotopic (exact) mass is 334 g/mol. The molecule has 0 saturated heterocycles. The number of aromatic nitrogens is 3. The SMILES string of the molecule is C=CCNCC(F)Cc1cn2c(=O)[nH]nc2c2cc(Cl)ccc12. The lowest BCUT2D eigenvalue weighted by atomic mass is 10.0. The van der Waals surface area contributed by atoms with E-state index in [1.807, 2.05) is 6.07 Å². The molecule has 2 N–H and O–H groups in total. The Morgan fingerprint density at radius 2 is 2.30 bits per heavy atom. The van der Waals surface area contributed by atoms with Crippen LogP contribution in [0.2, 0.25) is 5.02 Å². The second-order valence-corrected chi connectivity index (χ2v) is 5.75. The smallest absolute Gasteiger partial charge is 0.310 e. The highest BCUT2D eigenvalue weighted by Crippen LogP contribution is 2.26. The number of H-pyrrole nitrogens is 1. The molecule has 0 aliphatic heterocycles. The largest absolute Gasteiger partial charge is 0.347 e. The van der Waals surface area contributed by atoms with E-state index in [0.717, 1.165) is 16.3 Å². The molecule has 3 aromatic rings. The number of hydrogen-bond donors (Lipinski definition) is 2. The molecule has 0 fully saturated rings. The van der Waals surface area contributed by atoms with Crippen LogP contribution < -0.4 is 11.0 Å². The van der Waals surface area contributed by atoms with Crippen LogP contribution in [-0.2, 0) is 6.42 Å². The summed E-state index contributed by atoms with van der Waals surface area (Å²) >= 11 is 6.05. The van der Waals surface area contributed by atoms with Crippen molar-refractivity contribution < 1.29 is 4.39 Å². The number of hydrogen-bond acceptors (Lipinski definition) is 3. The Kier molecular flexibility index (Phi) is 4.45. The first-order chi connectivity index (χ1) is 11.1. The van der Waals surface area contributed by atoms with E-state index in [9.17, 15) is 9.18 Å². The second kappa shape index (κ2) is 6.52. The molecule has 23 heavy (non-hydrogen) atoms. The number of halogens is 2. The molecule has 0 aliphatic rings. The van der Waals surface area contributed by atoms with E-state index in [2.05, 4.69) is 22.1 Å². The van der Waals surface area contributed by atoms with Gasteiger partial charge in [-0.15, -0.1) is 6.58 Å². The number of fused-ring (bicyclic) bond motifs is 3. The van der Waals surface area contributed by atoms with Crippen LogP contribution in [0.25, 0.3) is 16.4 Å². The van der Waals surface area contributed by atoms with Crippen molar-refractivity contribution in [2.75, 3.05) is 13.1 Å². The maximum absolute atomic E-state index is 14.2. The molecule has 120 valence electrons. The van der Waals surface area contributed by atoms with Crippen LogP contribution in [0, 0.1) is 0 Å². The number of rotatable bonds is 6. The Morgan fingerprint density at radius 3 is 3.09 bits per heavy atom. The molecule has 1 aromatic carbocycles. The molecule has 0 radical (unpaired) electrons. The van der Waals surface area contributed by atoms with Gasteiger partial charge < -0.3 is 5.32 Å². The average molecular weight is 335 g/mol. The number of alkyl halides is 1. The fraction of sp³-hybridized carbons (Fsp3) is 0.250. The lowest BCUT2D eigenvalue weighted by molar-refractivity contribution is 0.321. The highest BCUT2D eigenvalue weighted by Gasteiger charge is 2.14. The molecule has 0 bridgehead atoms. The van der Waals surface area contributed by atoms with Gasteiger partial charge in [0.2, 0.25) is 0 Å². The van der Waals surface area contributed by atoms with E-state index < -0.39 is 6.17 Å². The van der Waals surface area contributed by atoms with E-state index >= 15 is 0 Å². The third-order valence-electron chi connectivity index (χ3n) is 3.65. The third kappa shape index (κ3) is 3.13. The van der Waals surface area contributed by atoms with E-state index in [1.165, 1.54) is 4.40 Å². The predicted molar refractivity (Wildman–Crippen MR) is 90.0 cm³/mol. The van der Waals surface area contributed by atoms with Crippen LogP contribution in [0.15, 0.2) is 41.8 Å². The first-order valence-corrected chi connectivity index (χ1v) is 7.61. The van der Waals surface area contributed by atoms with Crippen molar-refractivity contribution in [1.82, 2.24) is 19.9 Å². The lowest BCUT2D eigenvalue weighted by Gasteiger charge is -2.12. The third-order valence-corrected chi connectivity index (χ3v) is 3.89. The van der Waals surface area contributed by atoms with Crippen molar-refractivity contribution in [2.24, 2.45) is 0 Å². The van der Waals surface area contributed by atoms with Crippen LogP contribution in [0.3, 0.4) is 0 Å². The molecular formula is C16H16ClFN4O. The summed E-state index contributed by atoms with van der Waals surface area (Å²) in [5, 5.41) is 11.5. The van der Waals surface area contributed by atoms with Crippen molar-refractivity contribution in [1.29, 1.82) is 0 Å². The topological polar surface area (TPSA) is 62.2 Å². The van der Waals surface area contributed by atoms with Gasteiger partial charge in [0, 0.05) is 36.1 Å². The van der Waals surface area contributed by atoms with E-state index in [-0.39, 0.29) is 18.7 Å². The molecule has 3 rings (SSSR count). The zero-order valence-electron chi connectivity index (χ0n) is 12.4. The summed E-state index contributed by atoms with van der Waals surface area (Å²) in [6.45, 7) is 4.36. The first-order valence-electron chi connectivity index (χ1n) is 7.23. The molecule has 2 aromatic heterocycles. The van der Waals surface area contributed by atoms with E-state index in [4.69, 9.17) is 11.6 Å². The zero-order valence-corrected chi connectivity index (χ0v) is 13.1. The Bertz CT molecular complexity index is 917. The van der Waals surface area contributed by atoms with E-state index in [0.29, 0.717) is 17.2 Å². The van der Waals surface area contributed by atoms with Crippen LogP contribution >= 0.6 is 11.6 Å². The molecular weight excluding hydrogens is 319 g/mol. The molecule has 7 heteroatoms. The van der Waals surface area contributed by atoms with E-state index in [1.54, 1.807) is 24.4 Å². The van der Waals surface area contributed by atoms with Crippen molar-refractivity contribution in [3.05, 3.63) is 58.1 Å². The van der Waals surface area contributed by atoms with Gasteiger partial charge in [-0.3, -0.25) is 0 Å². The number of nitrogens with one attached hydrogen (secondary N) is 2. The second-order valence-electron chi connectivity index (χ2n) is 5.31. The summed E-state index contributed by atoms with van der Waals surface area (Å²) < 4.78 is 15.6. The minimum atomic E-state index is -1.08. The Hall–Kier alpha value is -2.18. The maximum atomic E-state index is 14.2. The van der Waals surface area contributed by atoms with Gasteiger partial charge in [0.25, 0.3) is 0 Å². The summed E-state index contributed by atoms with van der Waals surface area (Å²) in [5.74, 6) is 0. The van der Waals surface area contributed by atoms with Crippen LogP contribution in [-0.4, -0.2) is 33.9 Å². The van der Waals surface area contributed by atoms with Gasteiger partial charge in [-0.05, 0) is 23.1 Å².